The first kappa shape index (κ1) is 20.5. The Morgan fingerprint density at radius 1 is 1.20 bits per heavy atom. The lowest BCUT2D eigenvalue weighted by Crippen LogP contribution is -2.40. The van der Waals surface area contributed by atoms with Crippen molar-refractivity contribution in [2.24, 2.45) is 16.2 Å². The molecule has 1 aliphatic carbocycles. The zero-order chi connectivity index (χ0) is 19.2. The molecule has 0 N–H and O–H groups in total. The summed E-state index contributed by atoms with van der Waals surface area (Å²) in [5, 5.41) is -0.765. The van der Waals surface area contributed by atoms with Crippen molar-refractivity contribution in [2.75, 3.05) is 0 Å². The van der Waals surface area contributed by atoms with E-state index in [0.717, 1.165) is 12.1 Å². The summed E-state index contributed by atoms with van der Waals surface area (Å²) in [4.78, 5) is 0. The molecule has 1 aliphatic rings. The third kappa shape index (κ3) is 4.46. The van der Waals surface area contributed by atoms with Crippen molar-refractivity contribution in [1.82, 2.24) is 0 Å². The van der Waals surface area contributed by atoms with Gasteiger partial charge in [0.2, 0.25) is 0 Å². The zero-order valence-corrected chi connectivity index (χ0v) is 15.3. The summed E-state index contributed by atoms with van der Waals surface area (Å²) in [5.74, 6) is -4.32. The summed E-state index contributed by atoms with van der Waals surface area (Å²) in [6, 6.07) is 1.98. The second-order valence-electron chi connectivity index (χ2n) is 6.97. The molecule has 0 aliphatic heterocycles. The molecule has 1 atom stereocenters. The molecule has 25 heavy (non-hydrogen) atoms. The van der Waals surface area contributed by atoms with E-state index in [1.165, 1.54) is 0 Å². The fourth-order valence-corrected chi connectivity index (χ4v) is 3.27. The first-order chi connectivity index (χ1) is 11.3. The second kappa shape index (κ2) is 7.04. The van der Waals surface area contributed by atoms with Gasteiger partial charge in [-0.3, -0.25) is 0 Å². The molecule has 2 rings (SSSR count). The van der Waals surface area contributed by atoms with E-state index < -0.39 is 50.8 Å². The van der Waals surface area contributed by atoms with E-state index in [2.05, 4.69) is 4.40 Å². The predicted octanol–water partition coefficient (Wildman–Crippen LogP) is 5.46. The minimum Gasteiger partial charge on any atom is -0.591 e. The number of benzene rings is 1. The highest BCUT2D eigenvalue weighted by Gasteiger charge is 2.50. The van der Waals surface area contributed by atoms with Crippen LogP contribution in [-0.2, 0) is 11.4 Å². The maximum Gasteiger partial charge on any atom is 0.391 e. The van der Waals surface area contributed by atoms with E-state index in [0.29, 0.717) is 0 Å². The third-order valence-electron chi connectivity index (χ3n) is 4.00. The van der Waals surface area contributed by atoms with E-state index in [1.54, 1.807) is 20.8 Å². The Kier molecular flexibility index (Phi) is 5.76. The molecule has 140 valence electrons. The van der Waals surface area contributed by atoms with Gasteiger partial charge in [-0.1, -0.05) is 16.0 Å². The van der Waals surface area contributed by atoms with Gasteiger partial charge in [0.15, 0.2) is 5.82 Å². The topological polar surface area (TPSA) is 35.4 Å². The van der Waals surface area contributed by atoms with E-state index in [1.807, 2.05) is 0 Å². The molecule has 1 saturated carbocycles. The quantitative estimate of drug-likeness (QED) is 0.287. The number of alkyl halides is 3. The van der Waals surface area contributed by atoms with Crippen molar-refractivity contribution in [2.45, 2.75) is 44.5 Å². The monoisotopic (exact) mass is 401 g/mol. The fraction of sp³-hybridized carbons (Fsp3) is 0.562. The Bertz CT molecular complexity index is 680. The van der Waals surface area contributed by atoms with E-state index >= 15 is 0 Å². The number of hydrogen-bond acceptors (Lipinski definition) is 2. The van der Waals surface area contributed by atoms with Crippen molar-refractivity contribution in [3.63, 3.8) is 0 Å². The maximum absolute atomic E-state index is 14.3. The number of rotatable bonds is 3. The second-order valence-corrected chi connectivity index (χ2v) is 9.25. The van der Waals surface area contributed by atoms with Gasteiger partial charge in [0.25, 0.3) is 0 Å². The SMILES string of the molecule is CC(C)(C)[S@@+]([O-])/N=C(/c1ccc(F)c(Cl)c1F)C1CC(C(F)(F)F)C1. The summed E-state index contributed by atoms with van der Waals surface area (Å²) in [7, 11) is 0. The molecule has 0 unspecified atom stereocenters. The average molecular weight is 402 g/mol. The Hall–Kier alpha value is -0.860. The highest BCUT2D eigenvalue weighted by molar-refractivity contribution is 7.91. The molecule has 0 saturated heterocycles. The lowest BCUT2D eigenvalue weighted by molar-refractivity contribution is -0.198. The van der Waals surface area contributed by atoms with Crippen LogP contribution >= 0.6 is 11.6 Å². The van der Waals surface area contributed by atoms with Crippen molar-refractivity contribution >= 4 is 28.7 Å². The molecule has 1 aromatic rings. The lowest BCUT2D eigenvalue weighted by Gasteiger charge is -2.37. The molecule has 9 heteroatoms. The summed E-state index contributed by atoms with van der Waals surface area (Å²) in [6.45, 7) is 4.91. The fourth-order valence-electron chi connectivity index (χ4n) is 2.40. The van der Waals surface area contributed by atoms with Crippen LogP contribution in [-0.4, -0.2) is 21.2 Å². The Morgan fingerprint density at radius 2 is 1.76 bits per heavy atom. The van der Waals surface area contributed by atoms with E-state index in [9.17, 15) is 26.5 Å². The van der Waals surface area contributed by atoms with Crippen LogP contribution in [0.25, 0.3) is 0 Å². The van der Waals surface area contributed by atoms with Crippen LogP contribution < -0.4 is 0 Å². The Morgan fingerprint density at radius 3 is 2.24 bits per heavy atom. The van der Waals surface area contributed by atoms with Crippen LogP contribution in [0, 0.1) is 23.5 Å². The van der Waals surface area contributed by atoms with Crippen molar-refractivity contribution < 1.29 is 26.5 Å². The van der Waals surface area contributed by atoms with E-state index in [4.69, 9.17) is 11.6 Å². The minimum atomic E-state index is -4.34. The number of nitrogens with zero attached hydrogens (tertiary/aromatic N) is 1. The molecule has 2 nitrogen and oxygen atoms in total. The molecule has 0 radical (unpaired) electrons. The molecule has 0 bridgehead atoms. The lowest BCUT2D eigenvalue weighted by atomic mass is 9.70. The van der Waals surface area contributed by atoms with Gasteiger partial charge in [-0.2, -0.15) is 13.2 Å². The van der Waals surface area contributed by atoms with Gasteiger partial charge in [-0.25, -0.2) is 8.78 Å². The van der Waals surface area contributed by atoms with Gasteiger partial charge < -0.3 is 4.55 Å². The molecule has 1 aromatic carbocycles. The van der Waals surface area contributed by atoms with Gasteiger partial charge in [0, 0.05) is 11.5 Å². The summed E-state index contributed by atoms with van der Waals surface area (Å²) in [6.07, 6.45) is -4.90. The Labute approximate surface area is 150 Å². The molecule has 1 fully saturated rings. The van der Waals surface area contributed by atoms with Gasteiger partial charge in [0.05, 0.1) is 5.92 Å². The molecule has 0 heterocycles. The largest absolute Gasteiger partial charge is 0.591 e. The summed E-state index contributed by atoms with van der Waals surface area (Å²) in [5.41, 5.74) is -0.275. The summed E-state index contributed by atoms with van der Waals surface area (Å²) >= 11 is 3.75. The summed E-state index contributed by atoms with van der Waals surface area (Å²) < 4.78 is 81.5. The average Bonchev–Trinajstić information content (AvgIpc) is 2.40. The van der Waals surface area contributed by atoms with Gasteiger partial charge in [-0.15, -0.1) is 0 Å². The normalized spacial score (nSPS) is 23.4. The third-order valence-corrected chi connectivity index (χ3v) is 5.76. The Balaban J connectivity index is 2.42. The van der Waals surface area contributed by atoms with Crippen LogP contribution in [0.5, 0.6) is 0 Å². The van der Waals surface area contributed by atoms with Gasteiger partial charge in [0.1, 0.15) is 32.7 Å². The van der Waals surface area contributed by atoms with Crippen LogP contribution in [0.2, 0.25) is 5.02 Å². The van der Waals surface area contributed by atoms with Gasteiger partial charge >= 0.3 is 6.18 Å². The minimum absolute atomic E-state index is 0.0619. The first-order valence-corrected chi connectivity index (χ1v) is 9.02. The maximum atomic E-state index is 14.3. The predicted molar refractivity (Wildman–Crippen MR) is 88.1 cm³/mol. The molecular weight excluding hydrogens is 385 g/mol. The van der Waals surface area contributed by atoms with E-state index in [-0.39, 0.29) is 24.1 Å². The van der Waals surface area contributed by atoms with Crippen molar-refractivity contribution in [3.8, 4) is 0 Å². The van der Waals surface area contributed by atoms with Crippen molar-refractivity contribution in [1.29, 1.82) is 0 Å². The highest BCUT2D eigenvalue weighted by atomic mass is 35.5. The number of halogens is 6. The van der Waals surface area contributed by atoms with Crippen LogP contribution in [0.15, 0.2) is 16.5 Å². The van der Waals surface area contributed by atoms with Crippen LogP contribution in [0.1, 0.15) is 39.2 Å². The zero-order valence-electron chi connectivity index (χ0n) is 13.8. The number of hydrogen-bond donors (Lipinski definition) is 0. The smallest absolute Gasteiger partial charge is 0.391 e. The first-order valence-electron chi connectivity index (χ1n) is 7.53. The molecule has 0 aromatic heterocycles. The van der Waals surface area contributed by atoms with Crippen LogP contribution in [0.4, 0.5) is 22.0 Å². The van der Waals surface area contributed by atoms with Crippen molar-refractivity contribution in [3.05, 3.63) is 34.4 Å². The standard InChI is InChI=1S/C16H17ClF5NOS/c1-15(2,3)25(24)23-14(8-6-9(7-8)16(20,21)22)10-4-5-11(18)12(17)13(10)19/h4-5,8-9H,6-7H2,1-3H3/b23-14+/t8?,9?,25-/m1/s1. The van der Waals surface area contributed by atoms with Crippen LogP contribution in [0.3, 0.4) is 0 Å². The molecule has 0 spiro atoms. The highest BCUT2D eigenvalue weighted by Crippen LogP contribution is 2.46. The molecular formula is C16H17ClF5NOS. The molecule has 0 amide bonds. The van der Waals surface area contributed by atoms with Gasteiger partial charge in [-0.05, 0) is 45.7 Å².